The summed E-state index contributed by atoms with van der Waals surface area (Å²) in [5.41, 5.74) is 0. The predicted octanol–water partition coefficient (Wildman–Crippen LogP) is 1.95. The molecular weight excluding hydrogens is 268 g/mol. The minimum absolute atomic E-state index is 0.0315. The molecule has 0 spiro atoms. The summed E-state index contributed by atoms with van der Waals surface area (Å²) in [4.78, 5) is 26.5. The number of carbonyl (C=O) groups is 2. The van der Waals surface area contributed by atoms with Crippen LogP contribution in [0.25, 0.3) is 0 Å². The van der Waals surface area contributed by atoms with Gasteiger partial charge in [-0.15, -0.1) is 0 Å². The Balaban J connectivity index is 2.65. The monoisotopic (exact) mass is 298 g/mol. The van der Waals surface area contributed by atoms with Crippen molar-refractivity contribution in [1.82, 2.24) is 10.2 Å². The normalized spacial score (nSPS) is 24.1. The fourth-order valence-corrected chi connectivity index (χ4v) is 2.59. The number of nitrogens with one attached hydrogen (secondary N) is 1. The summed E-state index contributed by atoms with van der Waals surface area (Å²) in [6.07, 6.45) is 3.63. The molecule has 5 heteroatoms. The Labute approximate surface area is 128 Å². The van der Waals surface area contributed by atoms with Crippen LogP contribution < -0.4 is 5.32 Å². The van der Waals surface area contributed by atoms with E-state index in [-0.39, 0.29) is 29.8 Å². The summed E-state index contributed by atoms with van der Waals surface area (Å²) in [6, 6.07) is -0.742. The Hall–Kier alpha value is -1.10. The summed E-state index contributed by atoms with van der Waals surface area (Å²) in [5, 5.41) is 2.89. The molecule has 0 aromatic heterocycles. The van der Waals surface area contributed by atoms with Gasteiger partial charge >= 0.3 is 0 Å². The van der Waals surface area contributed by atoms with Crippen molar-refractivity contribution in [2.45, 2.75) is 65.5 Å². The lowest BCUT2D eigenvalue weighted by Crippen LogP contribution is -2.65. The van der Waals surface area contributed by atoms with Crippen molar-refractivity contribution in [3.05, 3.63) is 0 Å². The molecule has 1 aliphatic heterocycles. The summed E-state index contributed by atoms with van der Waals surface area (Å²) in [6.45, 7) is 9.82. The zero-order valence-electron chi connectivity index (χ0n) is 13.9. The Morgan fingerprint density at radius 3 is 2.52 bits per heavy atom. The molecule has 3 unspecified atom stereocenters. The van der Waals surface area contributed by atoms with Gasteiger partial charge in [-0.2, -0.15) is 0 Å². The van der Waals surface area contributed by atoms with Gasteiger partial charge < -0.3 is 15.0 Å². The molecule has 0 radical (unpaired) electrons. The number of amides is 2. The van der Waals surface area contributed by atoms with Gasteiger partial charge in [0.15, 0.2) is 0 Å². The van der Waals surface area contributed by atoms with E-state index in [1.54, 1.807) is 4.90 Å². The van der Waals surface area contributed by atoms with Crippen LogP contribution >= 0.6 is 0 Å². The summed E-state index contributed by atoms with van der Waals surface area (Å²) in [7, 11) is 0. The molecule has 5 nitrogen and oxygen atoms in total. The molecule has 1 fully saturated rings. The number of nitrogens with zero attached hydrogens (tertiary/aromatic N) is 1. The average molecular weight is 298 g/mol. The van der Waals surface area contributed by atoms with E-state index in [1.165, 1.54) is 0 Å². The third-order valence-electron chi connectivity index (χ3n) is 4.24. The first kappa shape index (κ1) is 18.0. The number of hydrogen-bond donors (Lipinski definition) is 1. The molecule has 21 heavy (non-hydrogen) atoms. The fourth-order valence-electron chi connectivity index (χ4n) is 2.59. The minimum atomic E-state index is -0.388. The molecule has 0 saturated carbocycles. The van der Waals surface area contributed by atoms with Crippen LogP contribution in [0, 0.1) is 5.92 Å². The van der Waals surface area contributed by atoms with Crippen LogP contribution in [-0.2, 0) is 14.3 Å². The van der Waals surface area contributed by atoms with E-state index in [0.717, 1.165) is 25.9 Å². The highest BCUT2D eigenvalue weighted by atomic mass is 16.5. The first-order chi connectivity index (χ1) is 10.1. The second-order valence-corrected chi connectivity index (χ2v) is 5.79. The van der Waals surface area contributed by atoms with Crippen LogP contribution in [0.1, 0.15) is 53.4 Å². The number of piperazine rings is 1. The lowest BCUT2D eigenvalue weighted by Gasteiger charge is -2.40. The lowest BCUT2D eigenvalue weighted by atomic mass is 9.93. The van der Waals surface area contributed by atoms with Crippen molar-refractivity contribution in [1.29, 1.82) is 0 Å². The zero-order chi connectivity index (χ0) is 15.8. The van der Waals surface area contributed by atoms with Crippen LogP contribution in [0.3, 0.4) is 0 Å². The maximum Gasteiger partial charge on any atom is 0.246 e. The maximum absolute atomic E-state index is 12.6. The van der Waals surface area contributed by atoms with Crippen molar-refractivity contribution in [3.63, 3.8) is 0 Å². The molecule has 1 heterocycles. The van der Waals surface area contributed by atoms with Crippen molar-refractivity contribution in [2.75, 3.05) is 19.8 Å². The molecule has 0 bridgehead atoms. The standard InChI is InChI=1S/C16H30N2O3/c1-5-8-10-21-11-9-18-13(7-3)15(19)17-14(16(18)20)12(4)6-2/h12-14H,5-11H2,1-4H3,(H,17,19). The molecule has 0 aromatic carbocycles. The molecule has 1 aliphatic rings. The molecule has 0 aliphatic carbocycles. The molecule has 1 rings (SSSR count). The van der Waals surface area contributed by atoms with E-state index < -0.39 is 0 Å². The number of hydrogen-bond acceptors (Lipinski definition) is 3. The quantitative estimate of drug-likeness (QED) is 0.662. The van der Waals surface area contributed by atoms with Gasteiger partial charge in [-0.3, -0.25) is 9.59 Å². The Morgan fingerprint density at radius 1 is 1.24 bits per heavy atom. The Bertz CT molecular complexity index is 346. The van der Waals surface area contributed by atoms with Crippen LogP contribution in [0.2, 0.25) is 0 Å². The van der Waals surface area contributed by atoms with Gasteiger partial charge in [0.2, 0.25) is 11.8 Å². The van der Waals surface area contributed by atoms with Crippen molar-refractivity contribution in [3.8, 4) is 0 Å². The van der Waals surface area contributed by atoms with Crippen molar-refractivity contribution < 1.29 is 14.3 Å². The first-order valence-electron chi connectivity index (χ1n) is 8.25. The van der Waals surface area contributed by atoms with E-state index in [4.69, 9.17) is 4.74 Å². The summed E-state index contributed by atoms with van der Waals surface area (Å²) in [5.74, 6) is 0.161. The summed E-state index contributed by atoms with van der Waals surface area (Å²) < 4.78 is 5.55. The van der Waals surface area contributed by atoms with Gasteiger partial charge in [0.1, 0.15) is 12.1 Å². The molecule has 2 amide bonds. The van der Waals surface area contributed by atoms with E-state index in [0.29, 0.717) is 19.6 Å². The molecule has 1 N–H and O–H groups in total. The SMILES string of the molecule is CCCCOCCN1C(=O)C(C(C)CC)NC(=O)C1CC. The fraction of sp³-hybridized carbons (Fsp3) is 0.875. The van der Waals surface area contributed by atoms with Gasteiger partial charge in [-0.05, 0) is 18.8 Å². The number of rotatable bonds is 9. The van der Waals surface area contributed by atoms with E-state index in [2.05, 4.69) is 12.2 Å². The Morgan fingerprint density at radius 2 is 1.95 bits per heavy atom. The lowest BCUT2D eigenvalue weighted by molar-refractivity contribution is -0.151. The number of carbonyl (C=O) groups excluding carboxylic acids is 2. The smallest absolute Gasteiger partial charge is 0.246 e. The average Bonchev–Trinajstić information content (AvgIpc) is 2.49. The zero-order valence-corrected chi connectivity index (χ0v) is 13.9. The second-order valence-electron chi connectivity index (χ2n) is 5.79. The molecule has 3 atom stereocenters. The topological polar surface area (TPSA) is 58.6 Å². The van der Waals surface area contributed by atoms with Crippen molar-refractivity contribution >= 4 is 11.8 Å². The second kappa shape index (κ2) is 9.03. The highest BCUT2D eigenvalue weighted by Crippen LogP contribution is 2.19. The van der Waals surface area contributed by atoms with Crippen LogP contribution in [0.15, 0.2) is 0 Å². The molecule has 1 saturated heterocycles. The van der Waals surface area contributed by atoms with Crippen LogP contribution in [-0.4, -0.2) is 48.6 Å². The van der Waals surface area contributed by atoms with Gasteiger partial charge in [0.25, 0.3) is 0 Å². The molecule has 122 valence electrons. The van der Waals surface area contributed by atoms with E-state index in [9.17, 15) is 9.59 Å². The van der Waals surface area contributed by atoms with Gasteiger partial charge in [0.05, 0.1) is 6.61 Å². The molecular formula is C16H30N2O3. The van der Waals surface area contributed by atoms with Gasteiger partial charge in [-0.25, -0.2) is 0 Å². The minimum Gasteiger partial charge on any atom is -0.380 e. The third-order valence-corrected chi connectivity index (χ3v) is 4.24. The predicted molar refractivity (Wildman–Crippen MR) is 82.9 cm³/mol. The first-order valence-corrected chi connectivity index (χ1v) is 8.25. The van der Waals surface area contributed by atoms with Crippen LogP contribution in [0.5, 0.6) is 0 Å². The number of ether oxygens (including phenoxy) is 1. The van der Waals surface area contributed by atoms with Crippen LogP contribution in [0.4, 0.5) is 0 Å². The highest BCUT2D eigenvalue weighted by molar-refractivity contribution is 5.97. The largest absolute Gasteiger partial charge is 0.380 e. The Kier molecular flexibility index (Phi) is 7.72. The third kappa shape index (κ3) is 4.70. The summed E-state index contributed by atoms with van der Waals surface area (Å²) >= 11 is 0. The maximum atomic E-state index is 12.6. The van der Waals surface area contributed by atoms with Gasteiger partial charge in [-0.1, -0.05) is 40.5 Å². The van der Waals surface area contributed by atoms with Crippen molar-refractivity contribution in [2.24, 2.45) is 5.92 Å². The molecule has 0 aromatic rings. The van der Waals surface area contributed by atoms with E-state index in [1.807, 2.05) is 20.8 Å². The van der Waals surface area contributed by atoms with Gasteiger partial charge in [0, 0.05) is 13.2 Å². The highest BCUT2D eigenvalue weighted by Gasteiger charge is 2.40. The van der Waals surface area contributed by atoms with E-state index >= 15 is 0 Å². The number of unbranched alkanes of at least 4 members (excludes halogenated alkanes) is 1.